The number of benzene rings is 2. The predicted octanol–water partition coefficient (Wildman–Crippen LogP) is 3.21. The third-order valence-corrected chi connectivity index (χ3v) is 5.65. The average Bonchev–Trinajstić information content (AvgIpc) is 2.85. The Balaban J connectivity index is 0.000000400. The summed E-state index contributed by atoms with van der Waals surface area (Å²) in [5, 5.41) is 41.0. The van der Waals surface area contributed by atoms with Crippen LogP contribution >= 0.6 is 0 Å². The number of hydrogen-bond acceptors (Lipinski definition) is 10. The van der Waals surface area contributed by atoms with Gasteiger partial charge < -0.3 is 39.4 Å². The Morgan fingerprint density at radius 2 is 0.950 bits per heavy atom. The standard InChI is InChI=1S/2C15H22O5/c2*1-10(16)15(18,13(17)20-14(2,3)4)11-7-6-8-12(9-11)19-5/h2*6-10,16,18H,1-5H3/t2*10-,15+/m11/s1. The fourth-order valence-electron chi connectivity index (χ4n) is 3.49. The van der Waals surface area contributed by atoms with E-state index in [9.17, 15) is 30.0 Å². The molecule has 0 saturated carbocycles. The summed E-state index contributed by atoms with van der Waals surface area (Å²) in [6, 6.07) is 12.7. The van der Waals surface area contributed by atoms with Crippen molar-refractivity contribution in [1.82, 2.24) is 0 Å². The summed E-state index contributed by atoms with van der Waals surface area (Å²) >= 11 is 0. The molecule has 0 aliphatic carbocycles. The quantitative estimate of drug-likeness (QED) is 0.352. The minimum atomic E-state index is -2.14. The third-order valence-electron chi connectivity index (χ3n) is 5.65. The molecule has 0 heterocycles. The summed E-state index contributed by atoms with van der Waals surface area (Å²) in [6.45, 7) is 12.8. The van der Waals surface area contributed by atoms with Crippen molar-refractivity contribution in [2.75, 3.05) is 14.2 Å². The molecule has 0 aromatic heterocycles. The van der Waals surface area contributed by atoms with Crippen LogP contribution in [-0.2, 0) is 30.3 Å². The van der Waals surface area contributed by atoms with Crippen LogP contribution in [0, 0.1) is 0 Å². The number of carbonyl (C=O) groups is 2. The topological polar surface area (TPSA) is 152 Å². The second kappa shape index (κ2) is 13.5. The van der Waals surface area contributed by atoms with Crippen LogP contribution in [0.2, 0.25) is 0 Å². The second-order valence-corrected chi connectivity index (χ2v) is 11.4. The van der Waals surface area contributed by atoms with E-state index >= 15 is 0 Å². The molecule has 0 aliphatic heterocycles. The Labute approximate surface area is 236 Å². The lowest BCUT2D eigenvalue weighted by Crippen LogP contribution is -2.48. The third kappa shape index (κ3) is 8.92. The molecule has 4 atom stereocenters. The molecule has 0 spiro atoms. The van der Waals surface area contributed by atoms with Gasteiger partial charge in [-0.2, -0.15) is 0 Å². The van der Waals surface area contributed by atoms with E-state index < -0.39 is 46.6 Å². The van der Waals surface area contributed by atoms with Gasteiger partial charge in [-0.15, -0.1) is 0 Å². The molecule has 0 fully saturated rings. The SMILES string of the molecule is COc1cccc([C@](O)(C(=O)OC(C)(C)C)[C@@H](C)O)c1.COc1cccc([C@](O)(C(=O)OC(C)(C)C)[C@@H](C)O)c1. The minimum Gasteiger partial charge on any atom is -0.497 e. The van der Waals surface area contributed by atoms with Crippen LogP contribution in [0.1, 0.15) is 66.5 Å². The summed E-state index contributed by atoms with van der Waals surface area (Å²) in [5.74, 6) is -0.836. The highest BCUT2D eigenvalue weighted by Crippen LogP contribution is 2.32. The molecule has 0 unspecified atom stereocenters. The van der Waals surface area contributed by atoms with Crippen molar-refractivity contribution < 1.29 is 49.0 Å². The monoisotopic (exact) mass is 564 g/mol. The smallest absolute Gasteiger partial charge is 0.346 e. The van der Waals surface area contributed by atoms with Gasteiger partial charge in [0.1, 0.15) is 22.7 Å². The molecular weight excluding hydrogens is 520 g/mol. The molecule has 0 amide bonds. The maximum atomic E-state index is 12.2. The van der Waals surface area contributed by atoms with Crippen molar-refractivity contribution in [2.24, 2.45) is 0 Å². The number of rotatable bonds is 8. The number of ether oxygens (including phenoxy) is 4. The Morgan fingerprint density at radius 3 is 1.18 bits per heavy atom. The van der Waals surface area contributed by atoms with Gasteiger partial charge in [0.05, 0.1) is 26.4 Å². The van der Waals surface area contributed by atoms with Crippen molar-refractivity contribution in [2.45, 2.75) is 90.0 Å². The molecule has 224 valence electrons. The molecule has 0 aliphatic rings. The summed E-state index contributed by atoms with van der Waals surface area (Å²) in [5.41, 5.74) is -5.36. The predicted molar refractivity (Wildman–Crippen MR) is 149 cm³/mol. The Hall–Kier alpha value is -3.18. The fraction of sp³-hybridized carbons (Fsp3) is 0.533. The van der Waals surface area contributed by atoms with Crippen molar-refractivity contribution in [3.05, 3.63) is 59.7 Å². The lowest BCUT2D eigenvalue weighted by atomic mass is 9.88. The summed E-state index contributed by atoms with van der Waals surface area (Å²) < 4.78 is 20.5. The van der Waals surface area contributed by atoms with E-state index in [0.717, 1.165) is 0 Å². The van der Waals surface area contributed by atoms with E-state index in [1.165, 1.54) is 40.2 Å². The van der Waals surface area contributed by atoms with Crippen LogP contribution in [0.3, 0.4) is 0 Å². The van der Waals surface area contributed by atoms with Gasteiger partial charge in [-0.05, 0) is 79.7 Å². The highest BCUT2D eigenvalue weighted by atomic mass is 16.6. The van der Waals surface area contributed by atoms with Gasteiger partial charge in [-0.25, -0.2) is 9.59 Å². The summed E-state index contributed by atoms with van der Waals surface area (Å²) in [4.78, 5) is 24.5. The number of esters is 2. The molecule has 4 N–H and O–H groups in total. The first-order valence-electron chi connectivity index (χ1n) is 12.8. The van der Waals surface area contributed by atoms with Gasteiger partial charge >= 0.3 is 11.9 Å². The largest absolute Gasteiger partial charge is 0.497 e. The lowest BCUT2D eigenvalue weighted by Gasteiger charge is -2.32. The normalized spacial score (nSPS) is 16.1. The molecule has 0 radical (unpaired) electrons. The molecule has 2 aromatic carbocycles. The second-order valence-electron chi connectivity index (χ2n) is 11.4. The molecular formula is C30H44O10. The van der Waals surface area contributed by atoms with Crippen LogP contribution in [0.15, 0.2) is 48.5 Å². The number of methoxy groups -OCH3 is 2. The van der Waals surface area contributed by atoms with Crippen molar-refractivity contribution in [3.8, 4) is 11.5 Å². The first kappa shape index (κ1) is 34.8. The summed E-state index contributed by atoms with van der Waals surface area (Å²) in [6.07, 6.45) is -2.66. The van der Waals surface area contributed by atoms with Crippen molar-refractivity contribution in [1.29, 1.82) is 0 Å². The van der Waals surface area contributed by atoms with E-state index in [0.29, 0.717) is 11.5 Å². The van der Waals surface area contributed by atoms with E-state index in [-0.39, 0.29) is 11.1 Å². The molecule has 40 heavy (non-hydrogen) atoms. The van der Waals surface area contributed by atoms with Crippen LogP contribution in [0.5, 0.6) is 11.5 Å². The Morgan fingerprint density at radius 1 is 0.650 bits per heavy atom. The lowest BCUT2D eigenvalue weighted by molar-refractivity contribution is -0.191. The highest BCUT2D eigenvalue weighted by Gasteiger charge is 2.47. The zero-order chi connectivity index (χ0) is 31.1. The zero-order valence-corrected chi connectivity index (χ0v) is 25.0. The molecule has 0 bridgehead atoms. The van der Waals surface area contributed by atoms with Crippen molar-refractivity contribution >= 4 is 11.9 Å². The maximum absolute atomic E-state index is 12.2. The molecule has 10 nitrogen and oxygen atoms in total. The molecule has 0 saturated heterocycles. The highest BCUT2D eigenvalue weighted by molar-refractivity contribution is 5.83. The Kier molecular flexibility index (Phi) is 11.7. The van der Waals surface area contributed by atoms with E-state index in [1.54, 1.807) is 77.9 Å². The van der Waals surface area contributed by atoms with Gasteiger partial charge in [0.2, 0.25) is 11.2 Å². The zero-order valence-electron chi connectivity index (χ0n) is 25.0. The van der Waals surface area contributed by atoms with Gasteiger partial charge in [0.15, 0.2) is 0 Å². The van der Waals surface area contributed by atoms with Crippen LogP contribution in [0.4, 0.5) is 0 Å². The average molecular weight is 565 g/mol. The Bertz CT molecular complexity index is 1040. The van der Waals surface area contributed by atoms with E-state index in [4.69, 9.17) is 18.9 Å². The first-order chi connectivity index (χ1) is 18.2. The molecule has 2 aromatic rings. The van der Waals surface area contributed by atoms with Gasteiger partial charge in [-0.1, -0.05) is 24.3 Å². The molecule has 10 heteroatoms. The number of aliphatic hydroxyl groups excluding tert-OH is 2. The first-order valence-corrected chi connectivity index (χ1v) is 12.8. The fourth-order valence-corrected chi connectivity index (χ4v) is 3.49. The molecule has 2 rings (SSSR count). The maximum Gasteiger partial charge on any atom is 0.346 e. The van der Waals surface area contributed by atoms with E-state index in [2.05, 4.69) is 0 Å². The summed E-state index contributed by atoms with van der Waals surface area (Å²) in [7, 11) is 2.96. The number of aliphatic hydroxyl groups is 4. The number of hydrogen-bond donors (Lipinski definition) is 4. The van der Waals surface area contributed by atoms with Crippen LogP contribution in [-0.4, -0.2) is 70.0 Å². The van der Waals surface area contributed by atoms with Gasteiger partial charge in [0, 0.05) is 11.1 Å². The van der Waals surface area contributed by atoms with Gasteiger partial charge in [-0.3, -0.25) is 0 Å². The van der Waals surface area contributed by atoms with Crippen LogP contribution < -0.4 is 9.47 Å². The number of carbonyl (C=O) groups excluding carboxylic acids is 2. The van der Waals surface area contributed by atoms with Crippen molar-refractivity contribution in [3.63, 3.8) is 0 Å². The van der Waals surface area contributed by atoms with E-state index in [1.807, 2.05) is 0 Å². The van der Waals surface area contributed by atoms with Crippen LogP contribution in [0.25, 0.3) is 0 Å². The minimum absolute atomic E-state index is 0.223. The van der Waals surface area contributed by atoms with Gasteiger partial charge in [0.25, 0.3) is 0 Å².